The lowest BCUT2D eigenvalue weighted by Gasteiger charge is -2.06. The summed E-state index contributed by atoms with van der Waals surface area (Å²) >= 11 is 0. The molecule has 0 saturated heterocycles. The fraction of sp³-hybridized carbons (Fsp3) is 0.364. The maximum Gasteiger partial charge on any atom is 0.231 e. The first kappa shape index (κ1) is 11.8. The van der Waals surface area contributed by atoms with E-state index in [1.165, 1.54) is 6.07 Å². The summed E-state index contributed by atoms with van der Waals surface area (Å²) in [6, 6.07) is 4.69. The Balaban J connectivity index is 2.00. The summed E-state index contributed by atoms with van der Waals surface area (Å²) in [5.74, 6) is 0.721. The second-order valence-corrected chi connectivity index (χ2v) is 3.49. The SMILES string of the molecule is O=C(CNC(F)CF)c1ccc2c(c1)OCO2. The van der Waals surface area contributed by atoms with Crippen molar-refractivity contribution in [1.82, 2.24) is 5.32 Å². The molecule has 0 amide bonds. The Bertz CT molecular complexity index is 425. The van der Waals surface area contributed by atoms with Gasteiger partial charge in [-0.05, 0) is 18.2 Å². The van der Waals surface area contributed by atoms with Gasteiger partial charge in [-0.25, -0.2) is 8.78 Å². The van der Waals surface area contributed by atoms with Crippen LogP contribution in [0.1, 0.15) is 10.4 Å². The van der Waals surface area contributed by atoms with Gasteiger partial charge in [-0.3, -0.25) is 10.1 Å². The van der Waals surface area contributed by atoms with Crippen LogP contribution >= 0.6 is 0 Å². The molecule has 0 saturated carbocycles. The molecular weight excluding hydrogens is 232 g/mol. The number of halogens is 2. The van der Waals surface area contributed by atoms with E-state index in [0.717, 1.165) is 0 Å². The topological polar surface area (TPSA) is 47.6 Å². The second-order valence-electron chi connectivity index (χ2n) is 3.49. The average molecular weight is 243 g/mol. The number of fused-ring (bicyclic) bond motifs is 1. The van der Waals surface area contributed by atoms with Crippen LogP contribution in [0.4, 0.5) is 8.78 Å². The van der Waals surface area contributed by atoms with Crippen molar-refractivity contribution in [2.75, 3.05) is 20.0 Å². The van der Waals surface area contributed by atoms with E-state index < -0.39 is 13.0 Å². The molecule has 1 aromatic carbocycles. The van der Waals surface area contributed by atoms with E-state index in [-0.39, 0.29) is 19.1 Å². The van der Waals surface area contributed by atoms with Crippen LogP contribution in [-0.2, 0) is 0 Å². The molecule has 92 valence electrons. The van der Waals surface area contributed by atoms with E-state index in [0.29, 0.717) is 17.1 Å². The summed E-state index contributed by atoms with van der Waals surface area (Å²) in [6.45, 7) is -1.29. The Morgan fingerprint density at radius 2 is 2.18 bits per heavy atom. The van der Waals surface area contributed by atoms with E-state index in [2.05, 4.69) is 5.32 Å². The predicted molar refractivity (Wildman–Crippen MR) is 55.8 cm³/mol. The molecule has 1 heterocycles. The standard InChI is InChI=1S/C11H11F2NO3/c12-4-11(13)14-5-8(15)7-1-2-9-10(3-7)17-6-16-9/h1-3,11,14H,4-6H2. The van der Waals surface area contributed by atoms with Crippen LogP contribution in [0.25, 0.3) is 0 Å². The van der Waals surface area contributed by atoms with E-state index in [1.54, 1.807) is 12.1 Å². The molecule has 1 atom stereocenters. The molecule has 4 nitrogen and oxygen atoms in total. The van der Waals surface area contributed by atoms with Crippen molar-refractivity contribution in [2.45, 2.75) is 6.30 Å². The van der Waals surface area contributed by atoms with Crippen LogP contribution in [0.3, 0.4) is 0 Å². The molecule has 0 spiro atoms. The Morgan fingerprint density at radius 1 is 1.41 bits per heavy atom. The monoisotopic (exact) mass is 243 g/mol. The van der Waals surface area contributed by atoms with Gasteiger partial charge in [-0.15, -0.1) is 0 Å². The highest BCUT2D eigenvalue weighted by molar-refractivity contribution is 5.98. The minimum Gasteiger partial charge on any atom is -0.454 e. The first-order chi connectivity index (χ1) is 8.20. The zero-order valence-electron chi connectivity index (χ0n) is 8.91. The van der Waals surface area contributed by atoms with Crippen LogP contribution in [-0.4, -0.2) is 32.1 Å². The molecule has 1 aliphatic rings. The summed E-state index contributed by atoms with van der Waals surface area (Å²) in [5.41, 5.74) is 0.368. The highest BCUT2D eigenvalue weighted by Gasteiger charge is 2.16. The molecular formula is C11H11F2NO3. The van der Waals surface area contributed by atoms with Gasteiger partial charge >= 0.3 is 0 Å². The van der Waals surface area contributed by atoms with E-state index in [9.17, 15) is 13.6 Å². The predicted octanol–water partition coefficient (Wildman–Crippen LogP) is 1.45. The number of alkyl halides is 2. The lowest BCUT2D eigenvalue weighted by molar-refractivity contribution is 0.0968. The summed E-state index contributed by atoms with van der Waals surface area (Å²) in [7, 11) is 0. The summed E-state index contributed by atoms with van der Waals surface area (Å²) in [5, 5.41) is 2.13. The van der Waals surface area contributed by atoms with Crippen LogP contribution in [0.15, 0.2) is 18.2 Å². The number of ether oxygens (including phenoxy) is 2. The van der Waals surface area contributed by atoms with Gasteiger partial charge in [0.05, 0.1) is 6.54 Å². The molecule has 0 fully saturated rings. The fourth-order valence-electron chi connectivity index (χ4n) is 1.43. The zero-order valence-corrected chi connectivity index (χ0v) is 8.91. The maximum atomic E-state index is 12.5. The number of benzene rings is 1. The maximum absolute atomic E-state index is 12.5. The third-order valence-corrected chi connectivity index (χ3v) is 2.31. The number of hydrogen-bond acceptors (Lipinski definition) is 4. The molecule has 1 unspecified atom stereocenters. The van der Waals surface area contributed by atoms with Crippen molar-refractivity contribution >= 4 is 5.78 Å². The van der Waals surface area contributed by atoms with Crippen LogP contribution in [0.2, 0.25) is 0 Å². The highest BCUT2D eigenvalue weighted by Crippen LogP contribution is 2.32. The van der Waals surface area contributed by atoms with E-state index >= 15 is 0 Å². The first-order valence-corrected chi connectivity index (χ1v) is 5.07. The van der Waals surface area contributed by atoms with Gasteiger partial charge in [-0.2, -0.15) is 0 Å². The van der Waals surface area contributed by atoms with Crippen LogP contribution in [0, 0.1) is 0 Å². The third kappa shape index (κ3) is 2.71. The fourth-order valence-corrected chi connectivity index (χ4v) is 1.43. The molecule has 17 heavy (non-hydrogen) atoms. The third-order valence-electron chi connectivity index (χ3n) is 2.31. The van der Waals surface area contributed by atoms with Gasteiger partial charge in [0.1, 0.15) is 6.67 Å². The van der Waals surface area contributed by atoms with Gasteiger partial charge in [0.25, 0.3) is 0 Å². The number of Topliss-reactive ketones (excluding diaryl/α,β-unsaturated/α-hetero) is 1. The Labute approximate surface area is 96.5 Å². The Hall–Kier alpha value is -1.69. The largest absolute Gasteiger partial charge is 0.454 e. The normalized spacial score (nSPS) is 14.7. The van der Waals surface area contributed by atoms with Gasteiger partial charge in [0.15, 0.2) is 23.6 Å². The van der Waals surface area contributed by atoms with Gasteiger partial charge in [0, 0.05) is 5.56 Å². The van der Waals surface area contributed by atoms with Gasteiger partial charge in [-0.1, -0.05) is 0 Å². The molecule has 0 radical (unpaired) electrons. The smallest absolute Gasteiger partial charge is 0.231 e. The second kappa shape index (κ2) is 5.09. The molecule has 1 aliphatic heterocycles. The number of rotatable bonds is 5. The van der Waals surface area contributed by atoms with Crippen molar-refractivity contribution in [3.63, 3.8) is 0 Å². The highest BCUT2D eigenvalue weighted by atomic mass is 19.2. The first-order valence-electron chi connectivity index (χ1n) is 5.07. The van der Waals surface area contributed by atoms with Crippen LogP contribution < -0.4 is 14.8 Å². The van der Waals surface area contributed by atoms with Crippen molar-refractivity contribution in [1.29, 1.82) is 0 Å². The number of nitrogens with one attached hydrogen (secondary N) is 1. The summed E-state index contributed by atoms with van der Waals surface area (Å²) in [6.07, 6.45) is -1.81. The molecule has 0 aromatic heterocycles. The quantitative estimate of drug-likeness (QED) is 0.628. The lowest BCUT2D eigenvalue weighted by atomic mass is 10.1. The zero-order chi connectivity index (χ0) is 12.3. The molecule has 6 heteroatoms. The minimum absolute atomic E-state index is 0.125. The Kier molecular flexibility index (Phi) is 3.53. The van der Waals surface area contributed by atoms with E-state index in [1.807, 2.05) is 0 Å². The Morgan fingerprint density at radius 3 is 2.94 bits per heavy atom. The number of ketones is 1. The van der Waals surface area contributed by atoms with Gasteiger partial charge < -0.3 is 9.47 Å². The lowest BCUT2D eigenvalue weighted by Crippen LogP contribution is -2.31. The van der Waals surface area contributed by atoms with Crippen molar-refractivity contribution in [3.05, 3.63) is 23.8 Å². The number of carbonyl (C=O) groups excluding carboxylic acids is 1. The van der Waals surface area contributed by atoms with E-state index in [4.69, 9.17) is 9.47 Å². The van der Waals surface area contributed by atoms with Crippen LogP contribution in [0.5, 0.6) is 11.5 Å². The minimum atomic E-state index is -1.81. The van der Waals surface area contributed by atoms with Gasteiger partial charge in [0.2, 0.25) is 6.79 Å². The summed E-state index contributed by atoms with van der Waals surface area (Å²) < 4.78 is 34.6. The molecule has 1 aromatic rings. The number of hydrogen-bond donors (Lipinski definition) is 1. The van der Waals surface area contributed by atoms with Crippen molar-refractivity contribution in [3.8, 4) is 11.5 Å². The molecule has 0 aliphatic carbocycles. The van der Waals surface area contributed by atoms with Crippen molar-refractivity contribution in [2.24, 2.45) is 0 Å². The summed E-state index contributed by atoms with van der Waals surface area (Å²) in [4.78, 5) is 11.6. The molecule has 1 N–H and O–H groups in total. The average Bonchev–Trinajstić information content (AvgIpc) is 2.82. The number of carbonyl (C=O) groups is 1. The molecule has 0 bridgehead atoms. The van der Waals surface area contributed by atoms with Crippen molar-refractivity contribution < 1.29 is 23.0 Å². The molecule has 2 rings (SSSR count).